The van der Waals surface area contributed by atoms with Crippen molar-refractivity contribution in [1.82, 2.24) is 20.2 Å². The van der Waals surface area contributed by atoms with Gasteiger partial charge in [-0.05, 0) is 36.5 Å². The Morgan fingerprint density at radius 1 is 1.21 bits per heavy atom. The van der Waals surface area contributed by atoms with Crippen LogP contribution in [0.4, 0.5) is 0 Å². The number of carbonyl (C=O) groups is 3. The summed E-state index contributed by atoms with van der Waals surface area (Å²) in [5.74, 6) is -0.748. The van der Waals surface area contributed by atoms with Gasteiger partial charge >= 0.3 is 0 Å². The van der Waals surface area contributed by atoms with Gasteiger partial charge in [0.05, 0.1) is 10.3 Å². The maximum absolute atomic E-state index is 13.7. The summed E-state index contributed by atoms with van der Waals surface area (Å²) in [4.78, 5) is 50.0. The number of nitrogens with zero attached hydrogens (tertiary/aromatic N) is 3. The monoisotopic (exact) mass is 488 g/mol. The molecule has 1 saturated carbocycles. The number of amides is 2. The molecule has 4 heterocycles. The van der Waals surface area contributed by atoms with Crippen molar-refractivity contribution in [2.45, 2.75) is 55.7 Å². The fourth-order valence-electron chi connectivity index (χ4n) is 5.08. The van der Waals surface area contributed by atoms with Gasteiger partial charge in [0.15, 0.2) is 10.8 Å². The predicted molar refractivity (Wildman–Crippen MR) is 123 cm³/mol. The van der Waals surface area contributed by atoms with Crippen molar-refractivity contribution in [1.29, 1.82) is 0 Å². The van der Waals surface area contributed by atoms with Crippen LogP contribution in [0.3, 0.4) is 0 Å². The number of Topliss-reactive ketones (excluding diaryl/α,β-unsaturated/α-hetero) is 1. The van der Waals surface area contributed by atoms with Gasteiger partial charge in [-0.3, -0.25) is 19.4 Å². The quantitative estimate of drug-likeness (QED) is 0.649. The third-order valence-corrected chi connectivity index (χ3v) is 8.18. The van der Waals surface area contributed by atoms with Crippen LogP contribution in [-0.4, -0.2) is 69.2 Å². The number of ether oxygens (including phenoxy) is 1. The van der Waals surface area contributed by atoms with Gasteiger partial charge in [0.2, 0.25) is 5.91 Å². The first-order valence-corrected chi connectivity index (χ1v) is 12.5. The van der Waals surface area contributed by atoms with Crippen LogP contribution in [0.15, 0.2) is 30.7 Å². The molecule has 0 aromatic carbocycles. The summed E-state index contributed by atoms with van der Waals surface area (Å²) < 4.78 is 5.53. The minimum atomic E-state index is -0.720. The first-order valence-electron chi connectivity index (χ1n) is 11.3. The van der Waals surface area contributed by atoms with Crippen molar-refractivity contribution in [3.63, 3.8) is 0 Å². The Morgan fingerprint density at radius 2 is 1.97 bits per heavy atom. The molecule has 0 bridgehead atoms. The average molecular weight is 489 g/mol. The molecule has 174 valence electrons. The zero-order valence-corrected chi connectivity index (χ0v) is 19.6. The molecule has 4 atom stereocenters. The van der Waals surface area contributed by atoms with Crippen LogP contribution < -0.4 is 5.32 Å². The van der Waals surface area contributed by atoms with Crippen molar-refractivity contribution in [3.8, 4) is 10.4 Å². The van der Waals surface area contributed by atoms with E-state index in [0.717, 1.165) is 42.5 Å². The molecular formula is C23H25ClN4O4S. The SMILES string of the molecule is O=C(NC(C(=O)N1CC(Cl)C2OCC(=O)C21)C1CCCCC1)c1ncc(-c2ccncc2)s1. The Morgan fingerprint density at radius 3 is 2.73 bits per heavy atom. The first kappa shape index (κ1) is 22.4. The summed E-state index contributed by atoms with van der Waals surface area (Å²) in [5, 5.41) is 2.83. The van der Waals surface area contributed by atoms with E-state index in [1.54, 1.807) is 18.6 Å². The molecule has 2 saturated heterocycles. The minimum absolute atomic E-state index is 0.0140. The summed E-state index contributed by atoms with van der Waals surface area (Å²) in [6.45, 7) is 0.212. The lowest BCUT2D eigenvalue weighted by Gasteiger charge is -2.34. The van der Waals surface area contributed by atoms with Gasteiger partial charge in [0.25, 0.3) is 5.91 Å². The van der Waals surface area contributed by atoms with E-state index in [0.29, 0.717) is 5.01 Å². The molecule has 8 nitrogen and oxygen atoms in total. The summed E-state index contributed by atoms with van der Waals surface area (Å²) >= 11 is 7.67. The van der Waals surface area contributed by atoms with E-state index in [1.165, 1.54) is 16.2 Å². The van der Waals surface area contributed by atoms with Crippen LogP contribution in [0.1, 0.15) is 41.9 Å². The highest BCUT2D eigenvalue weighted by molar-refractivity contribution is 7.17. The molecule has 1 N–H and O–H groups in total. The van der Waals surface area contributed by atoms with E-state index < -0.39 is 23.6 Å². The molecule has 3 aliphatic rings. The number of likely N-dealkylation sites (tertiary alicyclic amines) is 1. The number of hydrogen-bond acceptors (Lipinski definition) is 7. The molecule has 1 aliphatic carbocycles. The number of pyridine rings is 1. The zero-order valence-electron chi connectivity index (χ0n) is 18.0. The normalized spacial score (nSPS) is 26.3. The molecule has 2 amide bonds. The lowest BCUT2D eigenvalue weighted by Crippen LogP contribution is -2.55. The number of hydrogen-bond donors (Lipinski definition) is 1. The minimum Gasteiger partial charge on any atom is -0.366 e. The van der Waals surface area contributed by atoms with Gasteiger partial charge in [0.1, 0.15) is 24.8 Å². The van der Waals surface area contributed by atoms with Crippen molar-refractivity contribution < 1.29 is 19.1 Å². The Kier molecular flexibility index (Phi) is 6.44. The smallest absolute Gasteiger partial charge is 0.280 e. The number of nitrogens with one attached hydrogen (secondary N) is 1. The second-order valence-electron chi connectivity index (χ2n) is 8.81. The summed E-state index contributed by atoms with van der Waals surface area (Å²) in [6, 6.07) is 2.33. The molecule has 2 aromatic rings. The predicted octanol–water partition coefficient (Wildman–Crippen LogP) is 2.67. The fraction of sp³-hybridized carbons (Fsp3) is 0.522. The van der Waals surface area contributed by atoms with E-state index in [9.17, 15) is 14.4 Å². The van der Waals surface area contributed by atoms with Gasteiger partial charge in [-0.2, -0.15) is 0 Å². The second-order valence-corrected chi connectivity index (χ2v) is 10.4. The van der Waals surface area contributed by atoms with Crippen molar-refractivity contribution in [3.05, 3.63) is 35.7 Å². The maximum Gasteiger partial charge on any atom is 0.280 e. The fourth-order valence-corrected chi connectivity index (χ4v) is 6.27. The van der Waals surface area contributed by atoms with Crippen LogP contribution in [0.25, 0.3) is 10.4 Å². The molecule has 2 aliphatic heterocycles. The number of carbonyl (C=O) groups excluding carboxylic acids is 3. The summed E-state index contributed by atoms with van der Waals surface area (Å²) in [7, 11) is 0. The number of alkyl halides is 1. The summed E-state index contributed by atoms with van der Waals surface area (Å²) in [6.07, 6.45) is 9.41. The van der Waals surface area contributed by atoms with Gasteiger partial charge in [0, 0.05) is 25.1 Å². The first-order chi connectivity index (χ1) is 16.0. The highest BCUT2D eigenvalue weighted by atomic mass is 35.5. The number of rotatable bonds is 5. The lowest BCUT2D eigenvalue weighted by atomic mass is 9.83. The molecule has 2 aromatic heterocycles. The van der Waals surface area contributed by atoms with Crippen LogP contribution >= 0.6 is 22.9 Å². The Hall–Kier alpha value is -2.36. The topological polar surface area (TPSA) is 101 Å². The Bertz CT molecular complexity index is 1040. The van der Waals surface area contributed by atoms with Crippen LogP contribution in [0.2, 0.25) is 0 Å². The van der Waals surface area contributed by atoms with Crippen molar-refractivity contribution >= 4 is 40.5 Å². The maximum atomic E-state index is 13.7. The number of halogens is 1. The molecule has 0 spiro atoms. The van der Waals surface area contributed by atoms with Crippen LogP contribution in [0, 0.1) is 5.92 Å². The summed E-state index contributed by atoms with van der Waals surface area (Å²) in [5.41, 5.74) is 0.928. The van der Waals surface area contributed by atoms with Gasteiger partial charge in [-0.15, -0.1) is 22.9 Å². The molecule has 5 rings (SSSR count). The van der Waals surface area contributed by atoms with E-state index in [2.05, 4.69) is 15.3 Å². The molecule has 3 fully saturated rings. The number of fused-ring (bicyclic) bond motifs is 1. The Labute approximate surface area is 200 Å². The lowest BCUT2D eigenvalue weighted by molar-refractivity contribution is -0.139. The van der Waals surface area contributed by atoms with Crippen molar-refractivity contribution in [2.24, 2.45) is 5.92 Å². The van der Waals surface area contributed by atoms with Gasteiger partial charge in [-0.25, -0.2) is 4.98 Å². The standard InChI is InChI=1S/C23H25ClN4O4S/c24-15-11-28(19-16(29)12-32-20(15)19)23(31)18(14-4-2-1-3-5-14)27-21(30)22-26-10-17(33-22)13-6-8-25-9-7-13/h6-10,14-15,18-20H,1-5,11-12H2,(H,27,30). The molecule has 0 radical (unpaired) electrons. The zero-order chi connectivity index (χ0) is 22.9. The van der Waals surface area contributed by atoms with E-state index in [-0.39, 0.29) is 36.7 Å². The molecule has 33 heavy (non-hydrogen) atoms. The molecular weight excluding hydrogens is 464 g/mol. The van der Waals surface area contributed by atoms with Crippen LogP contribution in [0.5, 0.6) is 0 Å². The number of thiazole rings is 1. The van der Waals surface area contributed by atoms with Crippen molar-refractivity contribution in [2.75, 3.05) is 13.2 Å². The van der Waals surface area contributed by atoms with Crippen LogP contribution in [-0.2, 0) is 14.3 Å². The van der Waals surface area contributed by atoms with E-state index in [1.807, 2.05) is 12.1 Å². The van der Waals surface area contributed by atoms with E-state index >= 15 is 0 Å². The number of ketones is 1. The number of aromatic nitrogens is 2. The highest BCUT2D eigenvalue weighted by Gasteiger charge is 2.53. The Balaban J connectivity index is 1.37. The largest absolute Gasteiger partial charge is 0.366 e. The third kappa shape index (κ3) is 4.41. The molecule has 4 unspecified atom stereocenters. The second kappa shape index (κ2) is 9.48. The molecule has 10 heteroatoms. The van der Waals surface area contributed by atoms with E-state index in [4.69, 9.17) is 16.3 Å². The third-order valence-electron chi connectivity index (χ3n) is 6.74. The average Bonchev–Trinajstić information content (AvgIpc) is 3.56. The van der Waals surface area contributed by atoms with Gasteiger partial charge in [-0.1, -0.05) is 19.3 Å². The van der Waals surface area contributed by atoms with Gasteiger partial charge < -0.3 is 15.0 Å². The highest BCUT2D eigenvalue weighted by Crippen LogP contribution is 2.34.